The quantitative estimate of drug-likeness (QED) is 0.877. The zero-order valence-electron chi connectivity index (χ0n) is 12.7. The standard InChI is InChI=1S/C17H18N2O2/c1-10-8-11(2)16(12(3)9-10)19-17(21)15-7-5-6-14(18-15)13(4)20/h5-9H,1-4H3,(H,19,21). The van der Waals surface area contributed by atoms with Crippen molar-refractivity contribution in [1.82, 2.24) is 4.98 Å². The van der Waals surface area contributed by atoms with E-state index in [0.29, 0.717) is 5.69 Å². The van der Waals surface area contributed by atoms with E-state index in [1.807, 2.05) is 32.9 Å². The normalized spacial score (nSPS) is 10.3. The number of hydrogen-bond donors (Lipinski definition) is 1. The van der Waals surface area contributed by atoms with Gasteiger partial charge in [-0.15, -0.1) is 0 Å². The number of carbonyl (C=O) groups excluding carboxylic acids is 2. The van der Waals surface area contributed by atoms with E-state index in [1.165, 1.54) is 6.92 Å². The van der Waals surface area contributed by atoms with Crippen molar-refractivity contribution in [2.75, 3.05) is 5.32 Å². The van der Waals surface area contributed by atoms with Gasteiger partial charge in [0, 0.05) is 12.6 Å². The van der Waals surface area contributed by atoms with Gasteiger partial charge >= 0.3 is 0 Å². The van der Waals surface area contributed by atoms with Crippen LogP contribution in [-0.2, 0) is 0 Å². The number of aryl methyl sites for hydroxylation is 3. The van der Waals surface area contributed by atoms with Crippen molar-refractivity contribution in [2.24, 2.45) is 0 Å². The number of aromatic nitrogens is 1. The maximum atomic E-state index is 12.3. The molecule has 0 atom stereocenters. The van der Waals surface area contributed by atoms with E-state index in [-0.39, 0.29) is 17.4 Å². The van der Waals surface area contributed by atoms with E-state index in [2.05, 4.69) is 10.3 Å². The molecule has 0 spiro atoms. The van der Waals surface area contributed by atoms with E-state index in [9.17, 15) is 9.59 Å². The molecule has 0 unspecified atom stereocenters. The monoisotopic (exact) mass is 282 g/mol. The molecule has 1 amide bonds. The van der Waals surface area contributed by atoms with Crippen LogP contribution in [0.1, 0.15) is 44.6 Å². The average Bonchev–Trinajstić information content (AvgIpc) is 2.42. The van der Waals surface area contributed by atoms with Crippen LogP contribution < -0.4 is 5.32 Å². The van der Waals surface area contributed by atoms with Gasteiger partial charge in [-0.25, -0.2) is 4.98 Å². The summed E-state index contributed by atoms with van der Waals surface area (Å²) in [5.74, 6) is -0.472. The van der Waals surface area contributed by atoms with Crippen LogP contribution in [0.5, 0.6) is 0 Å². The average molecular weight is 282 g/mol. The Balaban J connectivity index is 2.30. The number of amides is 1. The number of Topliss-reactive ketones (excluding diaryl/α,β-unsaturated/α-hetero) is 1. The molecule has 0 saturated heterocycles. The predicted octanol–water partition coefficient (Wildman–Crippen LogP) is 3.46. The number of carbonyl (C=O) groups is 2. The molecule has 4 heteroatoms. The summed E-state index contributed by atoms with van der Waals surface area (Å²) in [7, 11) is 0. The Labute approximate surface area is 124 Å². The van der Waals surface area contributed by atoms with Gasteiger partial charge in [-0.1, -0.05) is 23.8 Å². The third-order valence-corrected chi connectivity index (χ3v) is 3.26. The lowest BCUT2D eigenvalue weighted by atomic mass is 10.0. The van der Waals surface area contributed by atoms with Crippen LogP contribution in [-0.4, -0.2) is 16.7 Å². The van der Waals surface area contributed by atoms with Gasteiger partial charge in [-0.3, -0.25) is 9.59 Å². The molecule has 2 rings (SSSR count). The molecule has 108 valence electrons. The van der Waals surface area contributed by atoms with Crippen molar-refractivity contribution in [3.05, 3.63) is 58.4 Å². The van der Waals surface area contributed by atoms with Gasteiger partial charge < -0.3 is 5.32 Å². The summed E-state index contributed by atoms with van der Waals surface area (Å²) in [6.45, 7) is 7.35. The Morgan fingerprint density at radius 3 is 2.14 bits per heavy atom. The fourth-order valence-corrected chi connectivity index (χ4v) is 2.31. The molecule has 1 N–H and O–H groups in total. The molecule has 1 heterocycles. The van der Waals surface area contributed by atoms with E-state index < -0.39 is 0 Å². The minimum absolute atomic E-state index is 0.160. The van der Waals surface area contributed by atoms with E-state index in [0.717, 1.165) is 22.4 Å². The highest BCUT2D eigenvalue weighted by atomic mass is 16.2. The van der Waals surface area contributed by atoms with E-state index in [1.54, 1.807) is 18.2 Å². The number of nitrogens with one attached hydrogen (secondary N) is 1. The van der Waals surface area contributed by atoms with Gasteiger partial charge in [0.15, 0.2) is 5.78 Å². The van der Waals surface area contributed by atoms with E-state index >= 15 is 0 Å². The van der Waals surface area contributed by atoms with Gasteiger partial charge in [-0.05, 0) is 44.0 Å². The molecule has 21 heavy (non-hydrogen) atoms. The van der Waals surface area contributed by atoms with Gasteiger partial charge in [-0.2, -0.15) is 0 Å². The van der Waals surface area contributed by atoms with Gasteiger partial charge in [0.25, 0.3) is 5.91 Å². The molecular formula is C17H18N2O2. The second kappa shape index (κ2) is 5.87. The molecule has 1 aromatic carbocycles. The Morgan fingerprint density at radius 2 is 1.57 bits per heavy atom. The Kier molecular flexibility index (Phi) is 4.17. The number of rotatable bonds is 3. The zero-order chi connectivity index (χ0) is 15.6. The molecule has 0 aliphatic rings. The number of pyridine rings is 1. The Hall–Kier alpha value is -2.49. The highest BCUT2D eigenvalue weighted by Crippen LogP contribution is 2.22. The topological polar surface area (TPSA) is 59.1 Å². The van der Waals surface area contributed by atoms with Crippen molar-refractivity contribution >= 4 is 17.4 Å². The maximum Gasteiger partial charge on any atom is 0.274 e. The van der Waals surface area contributed by atoms with Crippen molar-refractivity contribution < 1.29 is 9.59 Å². The Bertz CT molecular complexity index is 697. The summed E-state index contributed by atoms with van der Waals surface area (Å²) >= 11 is 0. The molecule has 0 aliphatic heterocycles. The van der Waals surface area contributed by atoms with Crippen LogP contribution in [0.15, 0.2) is 30.3 Å². The van der Waals surface area contributed by atoms with Crippen molar-refractivity contribution in [1.29, 1.82) is 0 Å². The fraction of sp³-hybridized carbons (Fsp3) is 0.235. The van der Waals surface area contributed by atoms with Crippen LogP contribution >= 0.6 is 0 Å². The third kappa shape index (κ3) is 3.34. The van der Waals surface area contributed by atoms with Crippen molar-refractivity contribution in [3.8, 4) is 0 Å². The number of anilines is 1. The van der Waals surface area contributed by atoms with Crippen LogP contribution in [0.4, 0.5) is 5.69 Å². The van der Waals surface area contributed by atoms with Crippen LogP contribution in [0.3, 0.4) is 0 Å². The van der Waals surface area contributed by atoms with Gasteiger partial charge in [0.1, 0.15) is 11.4 Å². The van der Waals surface area contributed by atoms with E-state index in [4.69, 9.17) is 0 Å². The highest BCUT2D eigenvalue weighted by molar-refractivity contribution is 6.04. The first-order chi connectivity index (χ1) is 9.88. The number of benzene rings is 1. The minimum atomic E-state index is -0.312. The zero-order valence-corrected chi connectivity index (χ0v) is 12.7. The lowest BCUT2D eigenvalue weighted by Crippen LogP contribution is -2.16. The lowest BCUT2D eigenvalue weighted by Gasteiger charge is -2.12. The summed E-state index contributed by atoms with van der Waals surface area (Å²) in [6, 6.07) is 8.89. The molecule has 1 aromatic heterocycles. The first-order valence-corrected chi connectivity index (χ1v) is 6.75. The fourth-order valence-electron chi connectivity index (χ4n) is 2.31. The second-order valence-electron chi connectivity index (χ2n) is 5.19. The van der Waals surface area contributed by atoms with Crippen LogP contribution in [0.2, 0.25) is 0 Å². The minimum Gasteiger partial charge on any atom is -0.320 e. The second-order valence-corrected chi connectivity index (χ2v) is 5.19. The first kappa shape index (κ1) is 14.9. The summed E-state index contributed by atoms with van der Waals surface area (Å²) < 4.78 is 0. The maximum absolute atomic E-state index is 12.3. The molecule has 0 radical (unpaired) electrons. The van der Waals surface area contributed by atoms with Crippen molar-refractivity contribution in [3.63, 3.8) is 0 Å². The van der Waals surface area contributed by atoms with Crippen molar-refractivity contribution in [2.45, 2.75) is 27.7 Å². The summed E-state index contributed by atoms with van der Waals surface area (Å²) in [5.41, 5.74) is 4.48. The molecule has 0 aliphatic carbocycles. The Morgan fingerprint density at radius 1 is 1.00 bits per heavy atom. The van der Waals surface area contributed by atoms with Gasteiger partial charge in [0.2, 0.25) is 0 Å². The molecular weight excluding hydrogens is 264 g/mol. The van der Waals surface area contributed by atoms with Gasteiger partial charge in [0.05, 0.1) is 0 Å². The molecule has 0 saturated carbocycles. The largest absolute Gasteiger partial charge is 0.320 e. The third-order valence-electron chi connectivity index (χ3n) is 3.26. The SMILES string of the molecule is CC(=O)c1cccc(C(=O)Nc2c(C)cc(C)cc2C)n1. The number of nitrogens with zero attached hydrogens (tertiary/aromatic N) is 1. The molecule has 4 nitrogen and oxygen atoms in total. The molecule has 0 fully saturated rings. The first-order valence-electron chi connectivity index (χ1n) is 6.75. The van der Waals surface area contributed by atoms with Crippen LogP contribution in [0.25, 0.3) is 0 Å². The lowest BCUT2D eigenvalue weighted by molar-refractivity contribution is 0.101. The predicted molar refractivity (Wildman–Crippen MR) is 82.8 cm³/mol. The number of ketones is 1. The molecule has 0 bridgehead atoms. The summed E-state index contributed by atoms with van der Waals surface area (Å²) in [4.78, 5) is 27.7. The summed E-state index contributed by atoms with van der Waals surface area (Å²) in [5, 5.41) is 2.88. The molecule has 2 aromatic rings. The smallest absolute Gasteiger partial charge is 0.274 e. The highest BCUT2D eigenvalue weighted by Gasteiger charge is 2.13. The van der Waals surface area contributed by atoms with Crippen LogP contribution in [0, 0.1) is 20.8 Å². The summed E-state index contributed by atoms with van der Waals surface area (Å²) in [6.07, 6.45) is 0. The number of hydrogen-bond acceptors (Lipinski definition) is 3.